The van der Waals surface area contributed by atoms with E-state index in [4.69, 9.17) is 0 Å². The van der Waals surface area contributed by atoms with E-state index in [1.54, 1.807) is 0 Å². The van der Waals surface area contributed by atoms with E-state index in [-0.39, 0.29) is 11.5 Å². The lowest BCUT2D eigenvalue weighted by Gasteiger charge is -2.34. The Hall–Kier alpha value is -2.67. The van der Waals surface area contributed by atoms with Gasteiger partial charge in [0, 0.05) is 36.8 Å². The van der Waals surface area contributed by atoms with Gasteiger partial charge in [0.25, 0.3) is 5.91 Å². The van der Waals surface area contributed by atoms with E-state index in [2.05, 4.69) is 10.1 Å². The lowest BCUT2D eigenvalue weighted by Crippen LogP contribution is -2.40. The number of carbonyl (C=O) groups is 1. The van der Waals surface area contributed by atoms with Crippen LogP contribution in [0, 0.1) is 22.5 Å². The lowest BCUT2D eigenvalue weighted by atomic mass is 9.95. The van der Waals surface area contributed by atoms with Gasteiger partial charge >= 0.3 is 0 Å². The molecule has 2 aliphatic heterocycles. The second-order valence-electron chi connectivity index (χ2n) is 7.87. The van der Waals surface area contributed by atoms with Gasteiger partial charge in [-0.15, -0.1) is 0 Å². The predicted octanol–water partition coefficient (Wildman–Crippen LogP) is 4.14. The maximum Gasteiger partial charge on any atom is 0.254 e. The van der Waals surface area contributed by atoms with E-state index in [0.717, 1.165) is 55.7 Å². The SMILES string of the molecule is O=NC(CN1CCC(CN2Cc3ccccc3C2=O)CC1)c1ccc(F)cc1F. The predicted molar refractivity (Wildman–Crippen MR) is 105 cm³/mol. The Kier molecular flexibility index (Phi) is 5.67. The highest BCUT2D eigenvalue weighted by molar-refractivity contribution is 5.98. The Morgan fingerprint density at radius 3 is 2.55 bits per heavy atom. The molecule has 2 aromatic rings. The Morgan fingerprint density at radius 2 is 1.86 bits per heavy atom. The number of benzene rings is 2. The van der Waals surface area contributed by atoms with Crippen molar-refractivity contribution in [2.75, 3.05) is 26.2 Å². The fourth-order valence-electron chi connectivity index (χ4n) is 4.33. The van der Waals surface area contributed by atoms with Gasteiger partial charge in [-0.25, -0.2) is 8.78 Å². The first-order valence-electron chi connectivity index (χ1n) is 9.92. The number of nitroso groups, excluding NO2 is 1. The highest BCUT2D eigenvalue weighted by Crippen LogP contribution is 2.28. The summed E-state index contributed by atoms with van der Waals surface area (Å²) in [6, 6.07) is 10.1. The normalized spacial score (nSPS) is 18.7. The van der Waals surface area contributed by atoms with Crippen LogP contribution in [-0.4, -0.2) is 41.9 Å². The van der Waals surface area contributed by atoms with Crippen LogP contribution < -0.4 is 0 Å². The first-order chi connectivity index (χ1) is 14.0. The molecule has 2 aromatic carbocycles. The molecule has 0 spiro atoms. The van der Waals surface area contributed by atoms with Crippen molar-refractivity contribution in [2.24, 2.45) is 11.1 Å². The number of piperidine rings is 1. The summed E-state index contributed by atoms with van der Waals surface area (Å²) in [6.45, 7) is 3.22. The van der Waals surface area contributed by atoms with Gasteiger partial charge < -0.3 is 9.80 Å². The van der Waals surface area contributed by atoms with Crippen LogP contribution in [0.15, 0.2) is 47.6 Å². The molecule has 152 valence electrons. The minimum atomic E-state index is -0.859. The van der Waals surface area contributed by atoms with Crippen molar-refractivity contribution in [1.29, 1.82) is 0 Å². The van der Waals surface area contributed by atoms with Crippen LogP contribution >= 0.6 is 0 Å². The monoisotopic (exact) mass is 399 g/mol. The number of fused-ring (bicyclic) bond motifs is 1. The fraction of sp³-hybridized carbons (Fsp3) is 0.409. The Balaban J connectivity index is 1.30. The van der Waals surface area contributed by atoms with Crippen molar-refractivity contribution in [3.8, 4) is 0 Å². The topological polar surface area (TPSA) is 53.0 Å². The standard InChI is InChI=1S/C22H23F2N3O2/c23-17-5-6-19(20(24)11-17)21(25-29)14-26-9-7-15(8-10-26)12-27-13-16-3-1-2-4-18(16)22(27)28/h1-6,11,15,21H,7-10,12-14H2. The Morgan fingerprint density at radius 1 is 1.10 bits per heavy atom. The maximum absolute atomic E-state index is 14.0. The fourth-order valence-corrected chi connectivity index (χ4v) is 4.33. The molecular formula is C22H23F2N3O2. The highest BCUT2D eigenvalue weighted by atomic mass is 19.1. The van der Waals surface area contributed by atoms with Crippen molar-refractivity contribution >= 4 is 5.91 Å². The molecule has 0 radical (unpaired) electrons. The molecule has 1 unspecified atom stereocenters. The number of hydrogen-bond acceptors (Lipinski definition) is 4. The van der Waals surface area contributed by atoms with Gasteiger partial charge in [-0.3, -0.25) is 4.79 Å². The zero-order valence-corrected chi connectivity index (χ0v) is 16.1. The van der Waals surface area contributed by atoms with E-state index < -0.39 is 17.7 Å². The quantitative estimate of drug-likeness (QED) is 0.686. The second kappa shape index (κ2) is 8.37. The maximum atomic E-state index is 14.0. The number of hydrogen-bond donors (Lipinski definition) is 0. The molecule has 0 aliphatic carbocycles. The largest absolute Gasteiger partial charge is 0.334 e. The third kappa shape index (κ3) is 4.19. The average Bonchev–Trinajstić information content (AvgIpc) is 3.03. The van der Waals surface area contributed by atoms with Crippen LogP contribution in [0.3, 0.4) is 0 Å². The van der Waals surface area contributed by atoms with Crippen molar-refractivity contribution in [3.63, 3.8) is 0 Å². The third-order valence-corrected chi connectivity index (χ3v) is 5.96. The van der Waals surface area contributed by atoms with E-state index >= 15 is 0 Å². The number of amides is 1. The molecule has 4 rings (SSSR count). The summed E-state index contributed by atoms with van der Waals surface area (Å²) in [7, 11) is 0. The summed E-state index contributed by atoms with van der Waals surface area (Å²) in [5, 5.41) is 3.07. The highest BCUT2D eigenvalue weighted by Gasteiger charge is 2.31. The summed E-state index contributed by atoms with van der Waals surface area (Å²) in [6.07, 6.45) is 1.80. The summed E-state index contributed by atoms with van der Waals surface area (Å²) in [5.41, 5.74) is 2.01. The van der Waals surface area contributed by atoms with E-state index in [0.29, 0.717) is 19.0 Å². The number of carbonyl (C=O) groups excluding carboxylic acids is 1. The summed E-state index contributed by atoms with van der Waals surface area (Å²) in [4.78, 5) is 27.8. The molecule has 7 heteroatoms. The van der Waals surface area contributed by atoms with Crippen molar-refractivity contribution in [1.82, 2.24) is 9.80 Å². The summed E-state index contributed by atoms with van der Waals surface area (Å²) in [5.74, 6) is -0.915. The van der Waals surface area contributed by atoms with Crippen LogP contribution in [0.2, 0.25) is 0 Å². The van der Waals surface area contributed by atoms with E-state index in [9.17, 15) is 18.5 Å². The first kappa shape index (κ1) is 19.6. The first-order valence-corrected chi connectivity index (χ1v) is 9.92. The summed E-state index contributed by atoms with van der Waals surface area (Å²) >= 11 is 0. The van der Waals surface area contributed by atoms with Gasteiger partial charge in [0.1, 0.15) is 17.7 Å². The van der Waals surface area contributed by atoms with Crippen LogP contribution in [-0.2, 0) is 6.54 Å². The molecule has 1 atom stereocenters. The molecule has 5 nitrogen and oxygen atoms in total. The van der Waals surface area contributed by atoms with Crippen molar-refractivity contribution < 1.29 is 13.6 Å². The van der Waals surface area contributed by atoms with Gasteiger partial charge in [-0.2, -0.15) is 4.91 Å². The minimum Gasteiger partial charge on any atom is -0.334 e. The third-order valence-electron chi connectivity index (χ3n) is 5.96. The molecule has 0 aromatic heterocycles. The Labute approximate surface area is 168 Å². The zero-order chi connectivity index (χ0) is 20.4. The molecule has 2 heterocycles. The molecule has 2 aliphatic rings. The van der Waals surface area contributed by atoms with Crippen LogP contribution in [0.1, 0.15) is 40.4 Å². The molecule has 1 fully saturated rings. The van der Waals surface area contributed by atoms with Gasteiger partial charge in [-0.1, -0.05) is 29.4 Å². The minimum absolute atomic E-state index is 0.0973. The zero-order valence-electron chi connectivity index (χ0n) is 16.1. The van der Waals surface area contributed by atoms with Gasteiger partial charge in [0.15, 0.2) is 0 Å². The van der Waals surface area contributed by atoms with E-state index in [1.807, 2.05) is 29.2 Å². The molecule has 0 bridgehead atoms. The molecule has 1 saturated heterocycles. The van der Waals surface area contributed by atoms with Gasteiger partial charge in [0.2, 0.25) is 0 Å². The molecule has 1 amide bonds. The van der Waals surface area contributed by atoms with Crippen molar-refractivity contribution in [2.45, 2.75) is 25.4 Å². The summed E-state index contributed by atoms with van der Waals surface area (Å²) < 4.78 is 27.1. The lowest BCUT2D eigenvalue weighted by molar-refractivity contribution is 0.0712. The second-order valence-corrected chi connectivity index (χ2v) is 7.87. The van der Waals surface area contributed by atoms with Crippen molar-refractivity contribution in [3.05, 3.63) is 75.7 Å². The van der Waals surface area contributed by atoms with Crippen LogP contribution in [0.4, 0.5) is 8.78 Å². The number of nitrogens with zero attached hydrogens (tertiary/aromatic N) is 3. The molecule has 0 saturated carbocycles. The smallest absolute Gasteiger partial charge is 0.254 e. The molecular weight excluding hydrogens is 376 g/mol. The average molecular weight is 399 g/mol. The Bertz CT molecular complexity index is 913. The number of rotatable bonds is 6. The number of halogens is 2. The number of likely N-dealkylation sites (tertiary alicyclic amines) is 1. The van der Waals surface area contributed by atoms with Gasteiger partial charge in [0.05, 0.1) is 0 Å². The molecule has 29 heavy (non-hydrogen) atoms. The van der Waals surface area contributed by atoms with E-state index in [1.165, 1.54) is 6.07 Å². The van der Waals surface area contributed by atoms with Gasteiger partial charge in [-0.05, 0) is 49.5 Å². The van der Waals surface area contributed by atoms with Crippen LogP contribution in [0.5, 0.6) is 0 Å². The van der Waals surface area contributed by atoms with Crippen LogP contribution in [0.25, 0.3) is 0 Å². The molecule has 0 N–H and O–H groups in total.